The first-order chi connectivity index (χ1) is 15.5. The van der Waals surface area contributed by atoms with Gasteiger partial charge in [-0.05, 0) is 36.4 Å². The minimum atomic E-state index is -1.28. The van der Waals surface area contributed by atoms with Crippen molar-refractivity contribution in [2.45, 2.75) is 0 Å². The number of aromatic nitrogens is 3. The number of hydrogen-bond donors (Lipinski definition) is 1. The standard InChI is InChI=1S/C23H20ClFN4O2S/c1-3-32(30)29(2)11-12-31-20-14-26-10-8-16(20)22-21(17-13-15(24)6-7-18(17)25)23-19(28-22)5-4-9-27-23/h3-10,13-14,28H,1,11-12H2,2H3. The maximum atomic E-state index is 14.9. The molecule has 0 amide bonds. The Morgan fingerprint density at radius 3 is 2.94 bits per heavy atom. The normalized spacial score (nSPS) is 12.2. The number of nitrogens with one attached hydrogen (secondary N) is 1. The molecule has 0 saturated carbocycles. The molecular formula is C23H20ClFN4O2S. The summed E-state index contributed by atoms with van der Waals surface area (Å²) in [4.78, 5) is 12.0. The second-order valence-electron chi connectivity index (χ2n) is 6.91. The highest BCUT2D eigenvalue weighted by atomic mass is 35.5. The number of halogens is 2. The van der Waals surface area contributed by atoms with Crippen LogP contribution in [0.5, 0.6) is 5.75 Å². The van der Waals surface area contributed by atoms with Gasteiger partial charge in [0.15, 0.2) is 0 Å². The minimum absolute atomic E-state index is 0.272. The molecule has 0 fully saturated rings. The number of ether oxygens (including phenoxy) is 1. The van der Waals surface area contributed by atoms with Crippen LogP contribution in [0.2, 0.25) is 5.02 Å². The van der Waals surface area contributed by atoms with Crippen molar-refractivity contribution in [3.63, 3.8) is 0 Å². The zero-order valence-corrected chi connectivity index (χ0v) is 18.8. The summed E-state index contributed by atoms with van der Waals surface area (Å²) >= 11 is 6.18. The van der Waals surface area contributed by atoms with E-state index in [1.165, 1.54) is 17.5 Å². The number of H-pyrrole nitrogens is 1. The summed E-state index contributed by atoms with van der Waals surface area (Å²) in [6.45, 7) is 4.22. The van der Waals surface area contributed by atoms with Crippen molar-refractivity contribution in [2.24, 2.45) is 0 Å². The molecule has 1 N–H and O–H groups in total. The Labute approximate surface area is 192 Å². The molecule has 0 aliphatic heterocycles. The predicted molar refractivity (Wildman–Crippen MR) is 126 cm³/mol. The number of aromatic amines is 1. The summed E-state index contributed by atoms with van der Waals surface area (Å²) in [7, 11) is 0.435. The molecule has 0 aliphatic rings. The maximum Gasteiger partial charge on any atom is 0.146 e. The van der Waals surface area contributed by atoms with E-state index in [0.717, 1.165) is 5.52 Å². The van der Waals surface area contributed by atoms with E-state index in [-0.39, 0.29) is 6.61 Å². The smallest absolute Gasteiger partial charge is 0.146 e. The first-order valence-corrected chi connectivity index (χ1v) is 11.3. The van der Waals surface area contributed by atoms with Crippen molar-refractivity contribution >= 4 is 33.6 Å². The van der Waals surface area contributed by atoms with Gasteiger partial charge in [0.05, 0.1) is 22.9 Å². The first kappa shape index (κ1) is 22.1. The number of rotatable bonds is 8. The van der Waals surface area contributed by atoms with E-state index in [4.69, 9.17) is 16.3 Å². The zero-order chi connectivity index (χ0) is 22.7. The zero-order valence-electron chi connectivity index (χ0n) is 17.2. The van der Waals surface area contributed by atoms with Crippen LogP contribution in [0.3, 0.4) is 0 Å². The molecule has 1 atom stereocenters. The largest absolute Gasteiger partial charge is 0.490 e. The molecule has 164 valence electrons. The summed E-state index contributed by atoms with van der Waals surface area (Å²) in [6, 6.07) is 9.89. The van der Waals surface area contributed by atoms with Crippen LogP contribution in [0.1, 0.15) is 0 Å². The predicted octanol–water partition coefficient (Wildman–Crippen LogP) is 5.20. The lowest BCUT2D eigenvalue weighted by Gasteiger charge is -2.15. The van der Waals surface area contributed by atoms with Crippen molar-refractivity contribution in [1.29, 1.82) is 0 Å². The van der Waals surface area contributed by atoms with Gasteiger partial charge in [-0.25, -0.2) is 12.9 Å². The lowest BCUT2D eigenvalue weighted by molar-refractivity contribution is 0.291. The second kappa shape index (κ2) is 9.60. The fraction of sp³-hybridized carbons (Fsp3) is 0.130. The molecule has 3 aromatic heterocycles. The second-order valence-corrected chi connectivity index (χ2v) is 8.86. The van der Waals surface area contributed by atoms with E-state index < -0.39 is 16.8 Å². The number of fused-ring (bicyclic) bond motifs is 1. The van der Waals surface area contributed by atoms with Gasteiger partial charge in [-0.1, -0.05) is 18.2 Å². The third kappa shape index (κ3) is 4.43. The van der Waals surface area contributed by atoms with Crippen molar-refractivity contribution in [2.75, 3.05) is 20.2 Å². The molecule has 0 aliphatic carbocycles. The van der Waals surface area contributed by atoms with Crippen LogP contribution in [0, 0.1) is 5.82 Å². The first-order valence-electron chi connectivity index (χ1n) is 9.73. The number of benzene rings is 1. The third-order valence-corrected chi connectivity index (χ3v) is 6.24. The van der Waals surface area contributed by atoms with Crippen molar-refractivity contribution in [1.82, 2.24) is 19.3 Å². The highest BCUT2D eigenvalue weighted by Gasteiger charge is 2.21. The van der Waals surface area contributed by atoms with Crippen LogP contribution in [0.25, 0.3) is 33.4 Å². The van der Waals surface area contributed by atoms with Crippen LogP contribution in [-0.2, 0) is 11.0 Å². The van der Waals surface area contributed by atoms with Gasteiger partial charge in [-0.15, -0.1) is 0 Å². The highest BCUT2D eigenvalue weighted by Crippen LogP contribution is 2.42. The molecule has 9 heteroatoms. The Morgan fingerprint density at radius 2 is 2.12 bits per heavy atom. The van der Waals surface area contributed by atoms with Crippen molar-refractivity contribution < 1.29 is 13.3 Å². The lowest BCUT2D eigenvalue weighted by atomic mass is 10.00. The molecule has 6 nitrogen and oxygen atoms in total. The average molecular weight is 471 g/mol. The third-order valence-electron chi connectivity index (χ3n) is 4.92. The Bertz CT molecular complexity index is 1310. The van der Waals surface area contributed by atoms with Crippen LogP contribution in [0.4, 0.5) is 4.39 Å². The lowest BCUT2D eigenvalue weighted by Crippen LogP contribution is -2.25. The van der Waals surface area contributed by atoms with Crippen LogP contribution < -0.4 is 4.74 Å². The van der Waals surface area contributed by atoms with Crippen LogP contribution in [-0.4, -0.2) is 43.7 Å². The molecule has 1 aromatic carbocycles. The fourth-order valence-corrected chi connectivity index (χ4v) is 4.06. The SMILES string of the molecule is C=CS(=O)N(C)CCOc1cnccc1-c1[nH]c2cccnc2c1-c1cc(Cl)ccc1F. The van der Waals surface area contributed by atoms with Crippen molar-refractivity contribution in [3.8, 4) is 28.1 Å². The topological polar surface area (TPSA) is 71.1 Å². The molecule has 3 heterocycles. The van der Waals surface area contributed by atoms with Gasteiger partial charge in [0.1, 0.15) is 29.2 Å². The maximum absolute atomic E-state index is 14.9. The summed E-state index contributed by atoms with van der Waals surface area (Å²) in [5.41, 5.74) is 3.62. The number of nitrogens with zero attached hydrogens (tertiary/aromatic N) is 3. The fourth-order valence-electron chi connectivity index (χ4n) is 3.38. The van der Waals surface area contributed by atoms with Gasteiger partial charge in [0.25, 0.3) is 0 Å². The van der Waals surface area contributed by atoms with E-state index in [1.807, 2.05) is 6.07 Å². The molecule has 0 radical (unpaired) electrons. The molecule has 0 saturated heterocycles. The van der Waals surface area contributed by atoms with Crippen molar-refractivity contribution in [3.05, 3.63) is 77.8 Å². The quantitative estimate of drug-likeness (QED) is 0.384. The van der Waals surface area contributed by atoms with Gasteiger partial charge in [0.2, 0.25) is 0 Å². The minimum Gasteiger partial charge on any atom is -0.490 e. The van der Waals surface area contributed by atoms with E-state index in [9.17, 15) is 8.60 Å². The van der Waals surface area contributed by atoms with E-state index in [2.05, 4.69) is 21.5 Å². The summed E-state index contributed by atoms with van der Waals surface area (Å²) in [6.07, 6.45) is 4.89. The van der Waals surface area contributed by atoms with E-state index in [0.29, 0.717) is 45.2 Å². The monoisotopic (exact) mass is 470 g/mol. The highest BCUT2D eigenvalue weighted by molar-refractivity contribution is 7.85. The summed E-state index contributed by atoms with van der Waals surface area (Å²) in [5.74, 6) is 0.0905. The number of likely N-dealkylation sites (N-methyl/N-ethyl adjacent to an activating group) is 1. The van der Waals surface area contributed by atoms with Gasteiger partial charge in [-0.3, -0.25) is 9.97 Å². The molecule has 32 heavy (non-hydrogen) atoms. The Kier molecular flexibility index (Phi) is 6.64. The molecular weight excluding hydrogens is 451 g/mol. The molecule has 4 aromatic rings. The molecule has 1 unspecified atom stereocenters. The Hall–Kier alpha value is -3.07. The Balaban J connectivity index is 1.79. The molecule has 4 rings (SSSR count). The van der Waals surface area contributed by atoms with Gasteiger partial charge < -0.3 is 9.72 Å². The van der Waals surface area contributed by atoms with E-state index in [1.54, 1.807) is 48.1 Å². The molecule has 0 bridgehead atoms. The van der Waals surface area contributed by atoms with Crippen LogP contribution in [0.15, 0.2) is 67.0 Å². The summed E-state index contributed by atoms with van der Waals surface area (Å²) < 4.78 is 34.2. The van der Waals surface area contributed by atoms with E-state index >= 15 is 0 Å². The van der Waals surface area contributed by atoms with Gasteiger partial charge in [0, 0.05) is 53.1 Å². The van der Waals surface area contributed by atoms with Crippen LogP contribution >= 0.6 is 11.6 Å². The van der Waals surface area contributed by atoms with Gasteiger partial charge in [-0.2, -0.15) is 0 Å². The number of pyridine rings is 2. The molecule has 0 spiro atoms. The van der Waals surface area contributed by atoms with Gasteiger partial charge >= 0.3 is 0 Å². The summed E-state index contributed by atoms with van der Waals surface area (Å²) in [5, 5.41) is 1.78. The average Bonchev–Trinajstić information content (AvgIpc) is 3.19. The Morgan fingerprint density at radius 1 is 1.28 bits per heavy atom. The number of hydrogen-bond acceptors (Lipinski definition) is 4.